The lowest BCUT2D eigenvalue weighted by molar-refractivity contribution is 0.468. The van der Waals surface area contributed by atoms with E-state index in [1.807, 2.05) is 18.2 Å². The topological polar surface area (TPSA) is 23.5 Å². The van der Waals surface area contributed by atoms with E-state index in [0.717, 1.165) is 24.2 Å². The highest BCUT2D eigenvalue weighted by atomic mass is 79.9. The summed E-state index contributed by atoms with van der Waals surface area (Å²) in [6.45, 7) is 1.57. The molecular formula is C15H12Br2FNO. The first-order valence-corrected chi connectivity index (χ1v) is 7.83. The van der Waals surface area contributed by atoms with Crippen molar-refractivity contribution in [1.29, 1.82) is 0 Å². The van der Waals surface area contributed by atoms with Crippen molar-refractivity contribution in [3.05, 3.63) is 56.2 Å². The maximum absolute atomic E-state index is 13.4. The molecule has 0 unspecified atom stereocenters. The van der Waals surface area contributed by atoms with Gasteiger partial charge >= 0.3 is 0 Å². The number of fused-ring (bicyclic) bond motifs is 1. The monoisotopic (exact) mass is 399 g/mol. The Morgan fingerprint density at radius 3 is 2.55 bits per heavy atom. The Morgan fingerprint density at radius 2 is 1.85 bits per heavy atom. The van der Waals surface area contributed by atoms with Gasteiger partial charge in [-0.2, -0.15) is 0 Å². The third-order valence-electron chi connectivity index (χ3n) is 3.49. The predicted octanol–water partition coefficient (Wildman–Crippen LogP) is 4.62. The second-order valence-corrected chi connectivity index (χ2v) is 6.56. The van der Waals surface area contributed by atoms with Gasteiger partial charge < -0.3 is 10.0 Å². The van der Waals surface area contributed by atoms with Gasteiger partial charge in [0.15, 0.2) is 0 Å². The maximum atomic E-state index is 13.4. The minimum absolute atomic E-state index is 0.196. The highest BCUT2D eigenvalue weighted by Crippen LogP contribution is 2.35. The van der Waals surface area contributed by atoms with Gasteiger partial charge in [-0.25, -0.2) is 4.39 Å². The number of nitrogens with zero attached hydrogens (tertiary/aromatic N) is 1. The molecule has 2 nitrogen and oxygen atoms in total. The Balaban J connectivity index is 1.89. The molecule has 0 amide bonds. The standard InChI is InChI=1S/C15H12Br2FNO/c16-12-5-9(6-13(17)15(12)20)8-19-4-3-10-1-2-11(18)7-14(10)19/h1-2,5-7,20H,3-4,8H2. The van der Waals surface area contributed by atoms with Gasteiger partial charge in [0.05, 0.1) is 8.95 Å². The third kappa shape index (κ3) is 2.56. The van der Waals surface area contributed by atoms with Gasteiger partial charge in [-0.3, -0.25) is 0 Å². The van der Waals surface area contributed by atoms with Crippen molar-refractivity contribution in [2.75, 3.05) is 11.4 Å². The van der Waals surface area contributed by atoms with Crippen LogP contribution in [0.4, 0.5) is 10.1 Å². The Labute approximate surface area is 133 Å². The average Bonchev–Trinajstić information content (AvgIpc) is 2.78. The summed E-state index contributed by atoms with van der Waals surface area (Å²) >= 11 is 6.66. The molecule has 1 aliphatic rings. The van der Waals surface area contributed by atoms with E-state index in [9.17, 15) is 9.50 Å². The molecule has 2 aromatic rings. The number of halogens is 3. The number of rotatable bonds is 2. The molecule has 1 aliphatic heterocycles. The summed E-state index contributed by atoms with van der Waals surface area (Å²) in [6, 6.07) is 8.73. The van der Waals surface area contributed by atoms with Gasteiger partial charge in [-0.05, 0) is 73.7 Å². The third-order valence-corrected chi connectivity index (χ3v) is 4.70. The van der Waals surface area contributed by atoms with Crippen LogP contribution in [0.5, 0.6) is 5.75 Å². The van der Waals surface area contributed by atoms with Crippen LogP contribution in [0.25, 0.3) is 0 Å². The van der Waals surface area contributed by atoms with Crippen molar-refractivity contribution in [2.24, 2.45) is 0 Å². The molecule has 0 aliphatic carbocycles. The molecule has 5 heteroatoms. The highest BCUT2D eigenvalue weighted by molar-refractivity contribution is 9.11. The van der Waals surface area contributed by atoms with Crippen LogP contribution in [0.1, 0.15) is 11.1 Å². The fourth-order valence-corrected chi connectivity index (χ4v) is 3.79. The summed E-state index contributed by atoms with van der Waals surface area (Å²) < 4.78 is 14.7. The van der Waals surface area contributed by atoms with Crippen LogP contribution in [0.3, 0.4) is 0 Å². The van der Waals surface area contributed by atoms with Gasteiger partial charge in [-0.15, -0.1) is 0 Å². The van der Waals surface area contributed by atoms with Gasteiger partial charge in [0.2, 0.25) is 0 Å². The van der Waals surface area contributed by atoms with Crippen LogP contribution >= 0.6 is 31.9 Å². The molecule has 0 aromatic heterocycles. The first kappa shape index (κ1) is 13.9. The van der Waals surface area contributed by atoms with Crippen LogP contribution in [-0.2, 0) is 13.0 Å². The number of benzene rings is 2. The molecule has 0 atom stereocenters. The summed E-state index contributed by atoms with van der Waals surface area (Å²) in [5.74, 6) is -0.00895. The number of anilines is 1. The first-order chi connectivity index (χ1) is 9.54. The lowest BCUT2D eigenvalue weighted by Crippen LogP contribution is -2.19. The van der Waals surface area contributed by atoms with E-state index < -0.39 is 0 Å². The molecule has 2 aromatic carbocycles. The summed E-state index contributed by atoms with van der Waals surface area (Å²) in [7, 11) is 0. The van der Waals surface area contributed by atoms with Crippen molar-refractivity contribution in [1.82, 2.24) is 0 Å². The minimum atomic E-state index is -0.205. The fourth-order valence-electron chi connectivity index (χ4n) is 2.51. The second-order valence-electron chi connectivity index (χ2n) is 4.85. The molecular weight excluding hydrogens is 389 g/mol. The SMILES string of the molecule is Oc1c(Br)cc(CN2CCc3ccc(F)cc32)cc1Br. The van der Waals surface area contributed by atoms with Gasteiger partial charge in [0.1, 0.15) is 11.6 Å². The van der Waals surface area contributed by atoms with Crippen LogP contribution in [0.15, 0.2) is 39.3 Å². The van der Waals surface area contributed by atoms with Gasteiger partial charge in [-0.1, -0.05) is 6.07 Å². The van der Waals surface area contributed by atoms with Gasteiger partial charge in [0, 0.05) is 18.8 Å². The zero-order chi connectivity index (χ0) is 14.3. The average molecular weight is 401 g/mol. The van der Waals surface area contributed by atoms with Crippen molar-refractivity contribution in [2.45, 2.75) is 13.0 Å². The van der Waals surface area contributed by atoms with Crippen LogP contribution in [-0.4, -0.2) is 11.7 Å². The number of aromatic hydroxyl groups is 1. The summed E-state index contributed by atoms with van der Waals surface area (Å²) in [6.07, 6.45) is 0.941. The summed E-state index contributed by atoms with van der Waals surface area (Å²) in [5, 5.41) is 9.73. The first-order valence-electron chi connectivity index (χ1n) is 6.25. The zero-order valence-corrected chi connectivity index (χ0v) is 13.7. The Kier molecular flexibility index (Phi) is 3.73. The highest BCUT2D eigenvalue weighted by Gasteiger charge is 2.20. The molecule has 0 bridgehead atoms. The van der Waals surface area contributed by atoms with Crippen LogP contribution in [0, 0.1) is 5.82 Å². The maximum Gasteiger partial charge on any atom is 0.143 e. The molecule has 0 radical (unpaired) electrons. The molecule has 3 rings (SSSR count). The quantitative estimate of drug-likeness (QED) is 0.794. The Hall–Kier alpha value is -1.07. The smallest absolute Gasteiger partial charge is 0.143 e. The lowest BCUT2D eigenvalue weighted by Gasteiger charge is -2.20. The van der Waals surface area contributed by atoms with E-state index in [4.69, 9.17) is 0 Å². The number of hydrogen-bond donors (Lipinski definition) is 1. The molecule has 0 saturated carbocycles. The van der Waals surface area contributed by atoms with E-state index in [-0.39, 0.29) is 11.6 Å². The largest absolute Gasteiger partial charge is 0.506 e. The van der Waals surface area contributed by atoms with Crippen LogP contribution < -0.4 is 4.90 Å². The van der Waals surface area contributed by atoms with E-state index in [0.29, 0.717) is 15.5 Å². The Bertz CT molecular complexity index is 652. The van der Waals surface area contributed by atoms with Crippen LogP contribution in [0.2, 0.25) is 0 Å². The molecule has 0 spiro atoms. The fraction of sp³-hybridized carbons (Fsp3) is 0.200. The second kappa shape index (κ2) is 5.37. The molecule has 0 saturated heterocycles. The summed E-state index contributed by atoms with van der Waals surface area (Å²) in [4.78, 5) is 2.16. The Morgan fingerprint density at radius 1 is 1.15 bits per heavy atom. The van der Waals surface area contributed by atoms with Crippen molar-refractivity contribution < 1.29 is 9.50 Å². The molecule has 1 heterocycles. The van der Waals surface area contributed by atoms with E-state index in [1.54, 1.807) is 6.07 Å². The molecule has 20 heavy (non-hydrogen) atoms. The lowest BCUT2D eigenvalue weighted by atomic mass is 10.1. The van der Waals surface area contributed by atoms with Crippen molar-refractivity contribution >= 4 is 37.5 Å². The number of phenolic OH excluding ortho intramolecular Hbond substituents is 1. The van der Waals surface area contributed by atoms with Gasteiger partial charge in [0.25, 0.3) is 0 Å². The van der Waals surface area contributed by atoms with E-state index >= 15 is 0 Å². The number of hydrogen-bond acceptors (Lipinski definition) is 2. The van der Waals surface area contributed by atoms with Crippen molar-refractivity contribution in [3.63, 3.8) is 0 Å². The van der Waals surface area contributed by atoms with Crippen molar-refractivity contribution in [3.8, 4) is 5.75 Å². The molecule has 1 N–H and O–H groups in total. The predicted molar refractivity (Wildman–Crippen MR) is 84.7 cm³/mol. The van der Waals surface area contributed by atoms with E-state index in [1.165, 1.54) is 11.6 Å². The molecule has 104 valence electrons. The van der Waals surface area contributed by atoms with E-state index in [2.05, 4.69) is 36.8 Å². The number of phenols is 1. The summed E-state index contributed by atoms with van der Waals surface area (Å²) in [5.41, 5.74) is 3.20. The normalized spacial score (nSPS) is 13.7. The molecule has 0 fully saturated rings. The minimum Gasteiger partial charge on any atom is -0.506 e. The zero-order valence-electron chi connectivity index (χ0n) is 10.5.